The Hall–Kier alpha value is -3.33. The minimum Gasteiger partial charge on any atom is -0.477 e. The van der Waals surface area contributed by atoms with Crippen LogP contribution in [0.4, 0.5) is 0 Å². The molecule has 0 saturated carbocycles. The van der Waals surface area contributed by atoms with Crippen LogP contribution >= 0.6 is 0 Å². The summed E-state index contributed by atoms with van der Waals surface area (Å²) >= 11 is 0. The molecule has 0 radical (unpaired) electrons. The number of ether oxygens (including phenoxy) is 2. The Balaban J connectivity index is 1.35. The molecule has 9 nitrogen and oxygen atoms in total. The lowest BCUT2D eigenvalue weighted by molar-refractivity contribution is 0.0490. The first-order chi connectivity index (χ1) is 14.3. The Morgan fingerprint density at radius 1 is 1.21 bits per heavy atom. The molecule has 1 N–H and O–H groups in total. The third-order valence-electron chi connectivity index (χ3n) is 4.75. The highest BCUT2D eigenvalue weighted by Crippen LogP contribution is 2.17. The molecular formula is C20H22N6O3. The van der Waals surface area contributed by atoms with Crippen molar-refractivity contribution in [3.8, 4) is 11.6 Å². The Morgan fingerprint density at radius 3 is 2.86 bits per heavy atom. The first-order valence-corrected chi connectivity index (χ1v) is 9.57. The standard InChI is InChI=1S/C20H22N6O3/c27-20(22-13-18-23-24-25-26(18)17-4-2-1-3-5-17)16-6-9-21-19(12-16)29-14-15-7-10-28-11-8-15/h1-6,9,12,15H,7-8,10-11,13-14H2,(H,22,27). The lowest BCUT2D eigenvalue weighted by Gasteiger charge is -2.21. The summed E-state index contributed by atoms with van der Waals surface area (Å²) in [5.41, 5.74) is 1.30. The van der Waals surface area contributed by atoms with Gasteiger partial charge < -0.3 is 14.8 Å². The van der Waals surface area contributed by atoms with E-state index in [1.165, 1.54) is 0 Å². The van der Waals surface area contributed by atoms with E-state index >= 15 is 0 Å². The van der Waals surface area contributed by atoms with E-state index in [-0.39, 0.29) is 12.5 Å². The molecule has 3 heterocycles. The molecule has 2 aromatic heterocycles. The average molecular weight is 394 g/mol. The molecule has 0 atom stereocenters. The van der Waals surface area contributed by atoms with Crippen LogP contribution in [0.25, 0.3) is 5.69 Å². The zero-order valence-corrected chi connectivity index (χ0v) is 15.9. The number of carbonyl (C=O) groups is 1. The summed E-state index contributed by atoms with van der Waals surface area (Å²) in [4.78, 5) is 16.8. The van der Waals surface area contributed by atoms with Gasteiger partial charge in [-0.3, -0.25) is 4.79 Å². The molecule has 1 aromatic carbocycles. The summed E-state index contributed by atoms with van der Waals surface area (Å²) in [7, 11) is 0. The summed E-state index contributed by atoms with van der Waals surface area (Å²) in [6, 6.07) is 12.8. The van der Waals surface area contributed by atoms with Crippen LogP contribution in [0.1, 0.15) is 29.0 Å². The number of tetrazole rings is 1. The molecule has 0 bridgehead atoms. The summed E-state index contributed by atoms with van der Waals surface area (Å²) < 4.78 is 12.7. The minimum absolute atomic E-state index is 0.196. The van der Waals surface area contributed by atoms with E-state index in [0.717, 1.165) is 31.7 Å². The van der Waals surface area contributed by atoms with Gasteiger partial charge in [-0.05, 0) is 47.4 Å². The van der Waals surface area contributed by atoms with Crippen LogP contribution < -0.4 is 10.1 Å². The maximum atomic E-state index is 12.6. The van der Waals surface area contributed by atoms with Gasteiger partial charge in [-0.25, -0.2) is 4.98 Å². The largest absolute Gasteiger partial charge is 0.477 e. The summed E-state index contributed by atoms with van der Waals surface area (Å²) in [5, 5.41) is 14.5. The lowest BCUT2D eigenvalue weighted by atomic mass is 10.0. The van der Waals surface area contributed by atoms with Gasteiger partial charge in [0.1, 0.15) is 0 Å². The normalized spacial score (nSPS) is 14.5. The lowest BCUT2D eigenvalue weighted by Crippen LogP contribution is -2.25. The molecule has 1 amide bonds. The molecule has 1 aliphatic heterocycles. The van der Waals surface area contributed by atoms with Crippen molar-refractivity contribution in [2.24, 2.45) is 5.92 Å². The molecule has 0 aliphatic carbocycles. The third-order valence-corrected chi connectivity index (χ3v) is 4.75. The van der Waals surface area contributed by atoms with E-state index in [2.05, 4.69) is 25.8 Å². The fourth-order valence-corrected chi connectivity index (χ4v) is 3.09. The molecule has 3 aromatic rings. The van der Waals surface area contributed by atoms with Gasteiger partial charge in [0, 0.05) is 31.0 Å². The number of para-hydroxylation sites is 1. The van der Waals surface area contributed by atoms with Gasteiger partial charge in [0.2, 0.25) is 5.88 Å². The topological polar surface area (TPSA) is 104 Å². The fraction of sp³-hybridized carbons (Fsp3) is 0.350. The Morgan fingerprint density at radius 2 is 2.03 bits per heavy atom. The Kier molecular flexibility index (Phi) is 6.06. The number of amides is 1. The van der Waals surface area contributed by atoms with E-state index < -0.39 is 0 Å². The predicted octanol–water partition coefficient (Wildman–Crippen LogP) is 1.79. The molecule has 0 spiro atoms. The Bertz CT molecular complexity index is 940. The maximum absolute atomic E-state index is 12.6. The molecule has 150 valence electrons. The van der Waals surface area contributed by atoms with Crippen molar-refractivity contribution in [3.63, 3.8) is 0 Å². The van der Waals surface area contributed by atoms with Crippen LogP contribution in [-0.2, 0) is 11.3 Å². The van der Waals surface area contributed by atoms with E-state index in [1.54, 1.807) is 23.0 Å². The molecule has 0 unspecified atom stereocenters. The quantitative estimate of drug-likeness (QED) is 0.651. The first kappa shape index (κ1) is 19.0. The van der Waals surface area contributed by atoms with Gasteiger partial charge in [0.05, 0.1) is 18.8 Å². The predicted molar refractivity (Wildman–Crippen MR) is 104 cm³/mol. The molecule has 9 heteroatoms. The van der Waals surface area contributed by atoms with Crippen LogP contribution in [0.5, 0.6) is 5.88 Å². The Labute approximate surface area is 168 Å². The van der Waals surface area contributed by atoms with Gasteiger partial charge in [0.25, 0.3) is 5.91 Å². The highest BCUT2D eigenvalue weighted by atomic mass is 16.5. The monoisotopic (exact) mass is 394 g/mol. The SMILES string of the molecule is O=C(NCc1nnnn1-c1ccccc1)c1ccnc(OCC2CCOCC2)c1. The van der Waals surface area contributed by atoms with Crippen molar-refractivity contribution in [2.45, 2.75) is 19.4 Å². The van der Waals surface area contributed by atoms with Gasteiger partial charge in [-0.15, -0.1) is 5.10 Å². The first-order valence-electron chi connectivity index (χ1n) is 9.57. The number of hydrogen-bond donors (Lipinski definition) is 1. The minimum atomic E-state index is -0.245. The second-order valence-electron chi connectivity index (χ2n) is 6.77. The van der Waals surface area contributed by atoms with Crippen molar-refractivity contribution < 1.29 is 14.3 Å². The number of aromatic nitrogens is 5. The maximum Gasteiger partial charge on any atom is 0.251 e. The van der Waals surface area contributed by atoms with Crippen molar-refractivity contribution >= 4 is 5.91 Å². The second-order valence-corrected chi connectivity index (χ2v) is 6.77. The number of rotatable bonds is 7. The number of nitrogens with one attached hydrogen (secondary N) is 1. The van der Waals surface area contributed by atoms with E-state index in [0.29, 0.717) is 29.8 Å². The molecular weight excluding hydrogens is 372 g/mol. The average Bonchev–Trinajstić information content (AvgIpc) is 3.26. The third kappa shape index (κ3) is 4.94. The van der Waals surface area contributed by atoms with Gasteiger partial charge in [-0.2, -0.15) is 4.68 Å². The molecule has 4 rings (SSSR count). The smallest absolute Gasteiger partial charge is 0.251 e. The molecule has 29 heavy (non-hydrogen) atoms. The van der Waals surface area contributed by atoms with Gasteiger partial charge in [-0.1, -0.05) is 18.2 Å². The van der Waals surface area contributed by atoms with Gasteiger partial charge in [0.15, 0.2) is 5.82 Å². The fourth-order valence-electron chi connectivity index (χ4n) is 3.09. The highest BCUT2D eigenvalue weighted by molar-refractivity contribution is 5.94. The van der Waals surface area contributed by atoms with Crippen LogP contribution in [-0.4, -0.2) is 50.9 Å². The number of pyridine rings is 1. The van der Waals surface area contributed by atoms with Crippen LogP contribution in [0.15, 0.2) is 48.7 Å². The zero-order chi connectivity index (χ0) is 19.9. The highest BCUT2D eigenvalue weighted by Gasteiger charge is 2.16. The summed E-state index contributed by atoms with van der Waals surface area (Å²) in [6.45, 7) is 2.31. The summed E-state index contributed by atoms with van der Waals surface area (Å²) in [5.74, 6) is 1.19. The number of nitrogens with zero attached hydrogens (tertiary/aromatic N) is 5. The van der Waals surface area contributed by atoms with Crippen molar-refractivity contribution in [3.05, 3.63) is 60.0 Å². The van der Waals surface area contributed by atoms with E-state index in [4.69, 9.17) is 9.47 Å². The van der Waals surface area contributed by atoms with Crippen LogP contribution in [0.3, 0.4) is 0 Å². The molecule has 1 aliphatic rings. The van der Waals surface area contributed by atoms with E-state index in [9.17, 15) is 4.79 Å². The van der Waals surface area contributed by atoms with E-state index in [1.807, 2.05) is 30.3 Å². The second kappa shape index (κ2) is 9.24. The van der Waals surface area contributed by atoms with Crippen molar-refractivity contribution in [1.29, 1.82) is 0 Å². The van der Waals surface area contributed by atoms with Crippen LogP contribution in [0.2, 0.25) is 0 Å². The van der Waals surface area contributed by atoms with Crippen LogP contribution in [0, 0.1) is 5.92 Å². The van der Waals surface area contributed by atoms with Gasteiger partial charge >= 0.3 is 0 Å². The summed E-state index contributed by atoms with van der Waals surface area (Å²) in [6.07, 6.45) is 3.54. The number of carbonyl (C=O) groups excluding carboxylic acids is 1. The van der Waals surface area contributed by atoms with Crippen molar-refractivity contribution in [2.75, 3.05) is 19.8 Å². The number of benzene rings is 1. The number of hydrogen-bond acceptors (Lipinski definition) is 7. The molecule has 1 fully saturated rings. The molecule has 1 saturated heterocycles. The van der Waals surface area contributed by atoms with Crippen molar-refractivity contribution in [1.82, 2.24) is 30.5 Å². The zero-order valence-electron chi connectivity index (χ0n) is 15.9.